The number of hydrogen-bond acceptors (Lipinski definition) is 5. The third-order valence-electron chi connectivity index (χ3n) is 7.80. The zero-order valence-corrected chi connectivity index (χ0v) is 20.5. The normalized spacial score (nSPS) is 23.3. The zero-order valence-electron chi connectivity index (χ0n) is 20.5. The second-order valence-corrected chi connectivity index (χ2v) is 10.2. The number of nitrogens with one attached hydrogen (secondary N) is 3. The lowest BCUT2D eigenvalue weighted by Crippen LogP contribution is -2.47. The topological polar surface area (TPSA) is 124 Å². The molecule has 3 aliphatic rings. The molecule has 192 valence electrons. The number of amides is 5. The molecule has 1 aromatic rings. The van der Waals surface area contributed by atoms with Crippen LogP contribution in [0.4, 0.5) is 4.79 Å². The van der Waals surface area contributed by atoms with Gasteiger partial charge in [-0.05, 0) is 56.6 Å². The second kappa shape index (κ2) is 11.1. The average molecular weight is 488 g/mol. The number of piperidine rings is 1. The van der Waals surface area contributed by atoms with E-state index >= 15 is 0 Å². The Labute approximate surface area is 206 Å². The van der Waals surface area contributed by atoms with Crippen molar-refractivity contribution in [2.24, 2.45) is 5.41 Å². The fourth-order valence-corrected chi connectivity index (χ4v) is 5.49. The van der Waals surface area contributed by atoms with Crippen molar-refractivity contribution in [2.45, 2.75) is 70.4 Å². The van der Waals surface area contributed by atoms with Crippen molar-refractivity contribution in [1.29, 1.82) is 0 Å². The molecule has 0 aromatic carbocycles. The predicted octanol–water partition coefficient (Wildman–Crippen LogP) is 1.87. The van der Waals surface area contributed by atoms with Gasteiger partial charge in [-0.3, -0.25) is 14.4 Å². The maximum atomic E-state index is 12.8. The van der Waals surface area contributed by atoms with E-state index in [1.807, 2.05) is 11.8 Å². The minimum atomic E-state index is -0.390. The fourth-order valence-electron chi connectivity index (χ4n) is 5.49. The van der Waals surface area contributed by atoms with Crippen molar-refractivity contribution < 1.29 is 23.6 Å². The molecule has 3 N–H and O–H groups in total. The van der Waals surface area contributed by atoms with E-state index in [0.29, 0.717) is 19.5 Å². The van der Waals surface area contributed by atoms with Gasteiger partial charge in [0.25, 0.3) is 5.91 Å². The van der Waals surface area contributed by atoms with E-state index < -0.39 is 5.91 Å². The summed E-state index contributed by atoms with van der Waals surface area (Å²) in [5.41, 5.74) is 0.105. The standard InChI is InChI=1S/C25H37N5O5/c1-18-19(28-24(34)27-18)6-3-2-4-8-21(31)30-14-11-25(17-30)9-12-29(13-10-25)22(32)16-26-23(33)20-7-5-15-35-20/h5,7,15,18-19H,2-4,6,8-14,16-17H2,1H3,(H,26,33)(H2,27,28,34). The van der Waals surface area contributed by atoms with E-state index in [9.17, 15) is 19.2 Å². The SMILES string of the molecule is CC1NC(=O)NC1CCCCCC(=O)N1CCC2(CCN(C(=O)CNC(=O)c3ccco3)CC2)C1. The van der Waals surface area contributed by atoms with Crippen LogP contribution in [0.15, 0.2) is 22.8 Å². The average Bonchev–Trinajstić information content (AvgIpc) is 3.59. The molecule has 3 fully saturated rings. The van der Waals surface area contributed by atoms with Gasteiger partial charge in [-0.2, -0.15) is 0 Å². The Kier molecular flexibility index (Phi) is 7.97. The van der Waals surface area contributed by atoms with Crippen molar-refractivity contribution in [3.05, 3.63) is 24.2 Å². The van der Waals surface area contributed by atoms with Gasteiger partial charge in [0.15, 0.2) is 5.76 Å². The van der Waals surface area contributed by atoms with Crippen LogP contribution in [0.1, 0.15) is 68.8 Å². The Morgan fingerprint density at radius 3 is 2.46 bits per heavy atom. The molecule has 0 radical (unpaired) electrons. The fraction of sp³-hybridized carbons (Fsp3) is 0.680. The number of hydrogen-bond donors (Lipinski definition) is 3. The lowest BCUT2D eigenvalue weighted by Gasteiger charge is -2.39. The van der Waals surface area contributed by atoms with Crippen LogP contribution < -0.4 is 16.0 Å². The Bertz CT molecular complexity index is 909. The van der Waals surface area contributed by atoms with Gasteiger partial charge in [0, 0.05) is 38.6 Å². The molecule has 2 unspecified atom stereocenters. The molecule has 0 saturated carbocycles. The van der Waals surface area contributed by atoms with Crippen LogP contribution in [-0.2, 0) is 9.59 Å². The molecule has 0 aliphatic carbocycles. The van der Waals surface area contributed by atoms with Crippen LogP contribution in [0.25, 0.3) is 0 Å². The molecule has 10 heteroatoms. The highest BCUT2D eigenvalue weighted by atomic mass is 16.3. The summed E-state index contributed by atoms with van der Waals surface area (Å²) in [5, 5.41) is 8.42. The van der Waals surface area contributed by atoms with Crippen molar-refractivity contribution in [3.63, 3.8) is 0 Å². The van der Waals surface area contributed by atoms with Gasteiger partial charge in [0.05, 0.1) is 18.8 Å². The molecule has 1 aromatic heterocycles. The van der Waals surface area contributed by atoms with Gasteiger partial charge in [0.2, 0.25) is 11.8 Å². The molecular formula is C25H37N5O5. The number of rotatable bonds is 9. The Balaban J connectivity index is 1.11. The zero-order chi connectivity index (χ0) is 24.8. The summed E-state index contributed by atoms with van der Waals surface area (Å²) < 4.78 is 5.05. The van der Waals surface area contributed by atoms with E-state index in [1.54, 1.807) is 17.0 Å². The maximum absolute atomic E-state index is 12.8. The van der Waals surface area contributed by atoms with Crippen molar-refractivity contribution in [2.75, 3.05) is 32.7 Å². The first kappa shape index (κ1) is 25.1. The number of likely N-dealkylation sites (tertiary alicyclic amines) is 2. The summed E-state index contributed by atoms with van der Waals surface area (Å²) >= 11 is 0. The molecule has 0 bridgehead atoms. The highest BCUT2D eigenvalue weighted by Gasteiger charge is 2.42. The van der Waals surface area contributed by atoms with E-state index in [-0.39, 0.29) is 47.6 Å². The summed E-state index contributed by atoms with van der Waals surface area (Å²) in [7, 11) is 0. The van der Waals surface area contributed by atoms with E-state index in [4.69, 9.17) is 4.42 Å². The first-order valence-corrected chi connectivity index (χ1v) is 12.8. The third kappa shape index (κ3) is 6.35. The van der Waals surface area contributed by atoms with Crippen LogP contribution in [0, 0.1) is 5.41 Å². The lowest BCUT2D eigenvalue weighted by atomic mass is 9.78. The first-order chi connectivity index (χ1) is 16.8. The largest absolute Gasteiger partial charge is 0.459 e. The molecule has 4 rings (SSSR count). The second-order valence-electron chi connectivity index (χ2n) is 10.2. The molecule has 3 saturated heterocycles. The smallest absolute Gasteiger partial charge is 0.315 e. The minimum absolute atomic E-state index is 0.0420. The molecular weight excluding hydrogens is 450 g/mol. The van der Waals surface area contributed by atoms with Crippen LogP contribution >= 0.6 is 0 Å². The number of urea groups is 1. The highest BCUT2D eigenvalue weighted by Crippen LogP contribution is 2.40. The first-order valence-electron chi connectivity index (χ1n) is 12.8. The van der Waals surface area contributed by atoms with Crippen molar-refractivity contribution in [1.82, 2.24) is 25.8 Å². The monoisotopic (exact) mass is 487 g/mol. The number of carbonyl (C=O) groups excluding carboxylic acids is 4. The number of unbranched alkanes of at least 4 members (excludes halogenated alkanes) is 2. The van der Waals surface area contributed by atoms with Gasteiger partial charge < -0.3 is 30.2 Å². The lowest BCUT2D eigenvalue weighted by molar-refractivity contribution is -0.134. The number of nitrogens with zero attached hydrogens (tertiary/aromatic N) is 2. The van der Waals surface area contributed by atoms with E-state index in [2.05, 4.69) is 16.0 Å². The summed E-state index contributed by atoms with van der Waals surface area (Å²) in [6, 6.07) is 3.45. The molecule has 35 heavy (non-hydrogen) atoms. The van der Waals surface area contributed by atoms with Gasteiger partial charge >= 0.3 is 6.03 Å². The summed E-state index contributed by atoms with van der Waals surface area (Å²) in [6.07, 6.45) is 8.54. The van der Waals surface area contributed by atoms with Gasteiger partial charge in [0.1, 0.15) is 0 Å². The molecule has 3 aliphatic heterocycles. The third-order valence-corrected chi connectivity index (χ3v) is 7.80. The van der Waals surface area contributed by atoms with E-state index in [1.165, 1.54) is 6.26 Å². The van der Waals surface area contributed by atoms with Crippen molar-refractivity contribution in [3.8, 4) is 0 Å². The van der Waals surface area contributed by atoms with Gasteiger partial charge in [-0.15, -0.1) is 0 Å². The Morgan fingerprint density at radius 2 is 1.80 bits per heavy atom. The van der Waals surface area contributed by atoms with E-state index in [0.717, 1.165) is 58.0 Å². The Hall–Kier alpha value is -3.04. The molecule has 4 heterocycles. The van der Waals surface area contributed by atoms with Crippen LogP contribution in [-0.4, -0.2) is 78.4 Å². The molecule has 5 amide bonds. The number of furan rings is 1. The van der Waals surface area contributed by atoms with Gasteiger partial charge in [-0.1, -0.05) is 12.8 Å². The summed E-state index contributed by atoms with van der Waals surface area (Å²) in [6.45, 7) is 4.85. The minimum Gasteiger partial charge on any atom is -0.459 e. The highest BCUT2D eigenvalue weighted by molar-refractivity contribution is 5.94. The summed E-state index contributed by atoms with van der Waals surface area (Å²) in [4.78, 5) is 52.4. The quantitative estimate of drug-likeness (QED) is 0.459. The van der Waals surface area contributed by atoms with Crippen molar-refractivity contribution >= 4 is 23.8 Å². The molecule has 2 atom stereocenters. The number of carbonyl (C=O) groups is 4. The Morgan fingerprint density at radius 1 is 1.06 bits per heavy atom. The predicted molar refractivity (Wildman–Crippen MR) is 128 cm³/mol. The van der Waals surface area contributed by atoms with Crippen LogP contribution in [0.5, 0.6) is 0 Å². The van der Waals surface area contributed by atoms with Crippen LogP contribution in [0.2, 0.25) is 0 Å². The molecule has 1 spiro atoms. The van der Waals surface area contributed by atoms with Gasteiger partial charge in [-0.25, -0.2) is 4.79 Å². The maximum Gasteiger partial charge on any atom is 0.315 e. The molecule has 10 nitrogen and oxygen atoms in total. The summed E-state index contributed by atoms with van der Waals surface area (Å²) in [5.74, 6) is -0.0581. The van der Waals surface area contributed by atoms with Crippen LogP contribution in [0.3, 0.4) is 0 Å².